The van der Waals surface area contributed by atoms with E-state index >= 15 is 0 Å². The SMILES string of the molecule is c1cc2c3c(cccc3c1)-c1cc(-c3ccc(-c4ccc(-c5ccc(-c6ccc7ccc8cccc9ccc6c7c89)cc5)cc4)cc3)ccc1-2. The van der Waals surface area contributed by atoms with E-state index in [1.54, 1.807) is 0 Å². The van der Waals surface area contributed by atoms with Crippen LogP contribution in [0.4, 0.5) is 0 Å². The van der Waals surface area contributed by atoms with Gasteiger partial charge in [0.25, 0.3) is 0 Å². The number of rotatable bonds is 4. The minimum absolute atomic E-state index is 1.22. The molecule has 10 aromatic rings. The normalized spacial score (nSPS) is 12.0. The number of hydrogen-bond donors (Lipinski definition) is 0. The topological polar surface area (TPSA) is 0 Å². The van der Waals surface area contributed by atoms with Crippen molar-refractivity contribution in [2.45, 2.75) is 0 Å². The van der Waals surface area contributed by atoms with Gasteiger partial charge in [-0.2, -0.15) is 0 Å². The first kappa shape index (κ1) is 27.5. The zero-order valence-electron chi connectivity index (χ0n) is 27.3. The van der Waals surface area contributed by atoms with Crippen LogP contribution in [0, 0.1) is 0 Å². The summed E-state index contributed by atoms with van der Waals surface area (Å²) in [5.74, 6) is 0. The third kappa shape index (κ3) is 4.06. The molecule has 0 fully saturated rings. The predicted molar refractivity (Wildman–Crippen MR) is 214 cm³/mol. The van der Waals surface area contributed by atoms with Crippen LogP contribution in [0.2, 0.25) is 0 Å². The quantitative estimate of drug-likeness (QED) is 0.170. The highest BCUT2D eigenvalue weighted by Crippen LogP contribution is 2.48. The Balaban J connectivity index is 0.863. The van der Waals surface area contributed by atoms with Crippen LogP contribution in [-0.4, -0.2) is 0 Å². The van der Waals surface area contributed by atoms with Crippen molar-refractivity contribution < 1.29 is 0 Å². The predicted octanol–water partition coefficient (Wildman–Crippen LogP) is 14.1. The van der Waals surface area contributed by atoms with E-state index in [1.807, 2.05) is 0 Å². The number of fused-ring (bicyclic) bond motifs is 3. The Morgan fingerprint density at radius 1 is 0.200 bits per heavy atom. The average Bonchev–Trinajstić information content (AvgIpc) is 3.51. The summed E-state index contributed by atoms with van der Waals surface area (Å²) in [6.45, 7) is 0. The van der Waals surface area contributed by atoms with Crippen LogP contribution in [0.25, 0.3) is 110 Å². The van der Waals surface area contributed by atoms with E-state index in [1.165, 1.54) is 110 Å². The zero-order valence-corrected chi connectivity index (χ0v) is 27.3. The van der Waals surface area contributed by atoms with Crippen molar-refractivity contribution in [3.05, 3.63) is 182 Å². The first-order chi connectivity index (χ1) is 24.8. The summed E-state index contributed by atoms with van der Waals surface area (Å²) in [4.78, 5) is 0. The standard InChI is InChI=1S/C50H30/c1-4-38-22-23-40-24-27-42(46-29-25-39(5-1)48(38)50(40)46)36-20-18-34(19-21-36)32-12-10-31(11-13-32)33-14-16-35(17-15-33)41-26-28-43-44-8-2-6-37-7-3-9-45(49(37)44)47(43)30-41/h1-30H. The van der Waals surface area contributed by atoms with E-state index in [2.05, 4.69) is 182 Å². The molecular formula is C50H30. The van der Waals surface area contributed by atoms with Crippen molar-refractivity contribution in [3.63, 3.8) is 0 Å². The third-order valence-corrected chi connectivity index (χ3v) is 11.0. The fourth-order valence-electron chi connectivity index (χ4n) is 8.51. The lowest BCUT2D eigenvalue weighted by Crippen LogP contribution is -1.87. The number of hydrogen-bond acceptors (Lipinski definition) is 0. The van der Waals surface area contributed by atoms with Crippen molar-refractivity contribution in [2.75, 3.05) is 0 Å². The first-order valence-corrected chi connectivity index (χ1v) is 17.4. The van der Waals surface area contributed by atoms with E-state index in [9.17, 15) is 0 Å². The van der Waals surface area contributed by atoms with Crippen LogP contribution in [0.1, 0.15) is 0 Å². The van der Waals surface area contributed by atoms with Gasteiger partial charge < -0.3 is 0 Å². The largest absolute Gasteiger partial charge is 0.0610 e. The molecule has 0 spiro atoms. The van der Waals surface area contributed by atoms with Gasteiger partial charge in [-0.3, -0.25) is 0 Å². The second kappa shape index (κ2) is 10.5. The number of benzene rings is 10. The molecule has 230 valence electrons. The summed E-state index contributed by atoms with van der Waals surface area (Å²) in [5.41, 5.74) is 15.3. The van der Waals surface area contributed by atoms with Crippen molar-refractivity contribution in [3.8, 4) is 66.8 Å². The molecule has 0 N–H and O–H groups in total. The molecule has 0 aromatic heterocycles. The van der Waals surface area contributed by atoms with Gasteiger partial charge in [-0.15, -0.1) is 0 Å². The summed E-state index contributed by atoms with van der Waals surface area (Å²) >= 11 is 0. The molecule has 0 saturated carbocycles. The molecular weight excluding hydrogens is 601 g/mol. The fraction of sp³-hybridized carbons (Fsp3) is 0. The van der Waals surface area contributed by atoms with Crippen LogP contribution in [0.15, 0.2) is 182 Å². The molecule has 0 unspecified atom stereocenters. The maximum Gasteiger partial charge on any atom is -0.00206 e. The average molecular weight is 631 g/mol. The summed E-state index contributed by atoms with van der Waals surface area (Å²) in [6.07, 6.45) is 0. The molecule has 10 aromatic carbocycles. The molecule has 0 atom stereocenters. The van der Waals surface area contributed by atoms with Gasteiger partial charge in [-0.1, -0.05) is 176 Å². The fourth-order valence-corrected chi connectivity index (χ4v) is 8.51. The van der Waals surface area contributed by atoms with Crippen LogP contribution in [-0.2, 0) is 0 Å². The van der Waals surface area contributed by atoms with Gasteiger partial charge in [0, 0.05) is 0 Å². The van der Waals surface area contributed by atoms with Crippen molar-refractivity contribution >= 4 is 43.1 Å². The third-order valence-electron chi connectivity index (χ3n) is 11.0. The molecule has 0 saturated heterocycles. The lowest BCUT2D eigenvalue weighted by atomic mass is 9.89. The molecule has 0 heteroatoms. The van der Waals surface area contributed by atoms with Gasteiger partial charge in [-0.05, 0) is 116 Å². The second-order valence-corrected chi connectivity index (χ2v) is 13.7. The van der Waals surface area contributed by atoms with E-state index < -0.39 is 0 Å². The molecule has 1 aliphatic rings. The molecule has 0 amide bonds. The highest BCUT2D eigenvalue weighted by molar-refractivity contribution is 6.25. The smallest absolute Gasteiger partial charge is 0.00206 e. The Morgan fingerprint density at radius 3 is 1.20 bits per heavy atom. The maximum atomic E-state index is 2.36. The van der Waals surface area contributed by atoms with Crippen LogP contribution in [0.3, 0.4) is 0 Å². The molecule has 0 nitrogen and oxygen atoms in total. The Bertz CT molecular complexity index is 2910. The molecule has 0 radical (unpaired) electrons. The molecule has 0 heterocycles. The summed E-state index contributed by atoms with van der Waals surface area (Å²) in [6, 6.07) is 67.4. The first-order valence-electron chi connectivity index (χ1n) is 17.4. The Labute approximate surface area is 290 Å². The molecule has 11 rings (SSSR count). The van der Waals surface area contributed by atoms with Gasteiger partial charge in [-0.25, -0.2) is 0 Å². The highest BCUT2D eigenvalue weighted by Gasteiger charge is 2.21. The molecule has 0 bridgehead atoms. The summed E-state index contributed by atoms with van der Waals surface area (Å²) in [7, 11) is 0. The minimum atomic E-state index is 1.22. The summed E-state index contributed by atoms with van der Waals surface area (Å²) in [5, 5.41) is 10.6. The van der Waals surface area contributed by atoms with Crippen LogP contribution < -0.4 is 0 Å². The molecule has 50 heavy (non-hydrogen) atoms. The lowest BCUT2D eigenvalue weighted by molar-refractivity contribution is 1.57. The van der Waals surface area contributed by atoms with Gasteiger partial charge in [0.15, 0.2) is 0 Å². The van der Waals surface area contributed by atoms with E-state index in [0.29, 0.717) is 0 Å². The van der Waals surface area contributed by atoms with Crippen LogP contribution in [0.5, 0.6) is 0 Å². The van der Waals surface area contributed by atoms with Gasteiger partial charge >= 0.3 is 0 Å². The highest BCUT2D eigenvalue weighted by atomic mass is 14.2. The van der Waals surface area contributed by atoms with Crippen LogP contribution >= 0.6 is 0 Å². The van der Waals surface area contributed by atoms with Crippen molar-refractivity contribution in [1.82, 2.24) is 0 Å². The molecule has 0 aliphatic heterocycles. The second-order valence-electron chi connectivity index (χ2n) is 13.7. The monoisotopic (exact) mass is 630 g/mol. The minimum Gasteiger partial charge on any atom is -0.0610 e. The van der Waals surface area contributed by atoms with Gasteiger partial charge in [0.05, 0.1) is 0 Å². The lowest BCUT2D eigenvalue weighted by Gasteiger charge is -2.14. The Kier molecular flexibility index (Phi) is 5.76. The van der Waals surface area contributed by atoms with E-state index in [-0.39, 0.29) is 0 Å². The maximum absolute atomic E-state index is 2.36. The van der Waals surface area contributed by atoms with Crippen molar-refractivity contribution in [1.29, 1.82) is 0 Å². The Hall–Kier alpha value is -6.50. The van der Waals surface area contributed by atoms with E-state index in [0.717, 1.165) is 0 Å². The Morgan fingerprint density at radius 2 is 0.600 bits per heavy atom. The zero-order chi connectivity index (χ0) is 32.8. The molecule has 1 aliphatic carbocycles. The summed E-state index contributed by atoms with van der Waals surface area (Å²) < 4.78 is 0. The van der Waals surface area contributed by atoms with Gasteiger partial charge in [0.2, 0.25) is 0 Å². The van der Waals surface area contributed by atoms with Crippen molar-refractivity contribution in [2.24, 2.45) is 0 Å². The van der Waals surface area contributed by atoms with Gasteiger partial charge in [0.1, 0.15) is 0 Å². The van der Waals surface area contributed by atoms with E-state index in [4.69, 9.17) is 0 Å².